The first-order valence-corrected chi connectivity index (χ1v) is 10.5. The number of amides is 1. The number of hydrogen-bond donors (Lipinski definition) is 2. The van der Waals surface area contributed by atoms with E-state index >= 15 is 0 Å². The Labute approximate surface area is 180 Å². The lowest BCUT2D eigenvalue weighted by Crippen LogP contribution is -2.41. The lowest BCUT2D eigenvalue weighted by Gasteiger charge is -2.33. The average Bonchev–Trinajstić information content (AvgIpc) is 3.35. The number of aromatic amines is 2. The number of alkyl halides is 3. The fourth-order valence-electron chi connectivity index (χ4n) is 4.63. The minimum absolute atomic E-state index is 0.0272. The third kappa shape index (κ3) is 3.57. The lowest BCUT2D eigenvalue weighted by molar-refractivity contribution is -0.136. The summed E-state index contributed by atoms with van der Waals surface area (Å²) in [5, 5.41) is 1.04. The van der Waals surface area contributed by atoms with Crippen molar-refractivity contribution < 1.29 is 18.0 Å². The molecule has 166 valence electrons. The number of fused-ring (bicyclic) bond motifs is 2. The summed E-state index contributed by atoms with van der Waals surface area (Å²) in [5.74, 6) is -0.0272. The first-order chi connectivity index (χ1) is 15.3. The molecule has 32 heavy (non-hydrogen) atoms. The van der Waals surface area contributed by atoms with Crippen molar-refractivity contribution in [2.75, 3.05) is 13.1 Å². The summed E-state index contributed by atoms with van der Waals surface area (Å²) in [7, 11) is 0. The van der Waals surface area contributed by atoms with E-state index in [4.69, 9.17) is 0 Å². The number of piperidine rings is 1. The maximum absolute atomic E-state index is 13.5. The van der Waals surface area contributed by atoms with E-state index in [9.17, 15) is 22.8 Å². The van der Waals surface area contributed by atoms with Crippen molar-refractivity contribution in [3.63, 3.8) is 0 Å². The molecule has 1 fully saturated rings. The predicted octanol–water partition coefficient (Wildman–Crippen LogP) is 4.24. The quantitative estimate of drug-likeness (QED) is 0.498. The number of nitrogens with zero attached hydrogens (tertiary/aromatic N) is 2. The van der Waals surface area contributed by atoms with Crippen LogP contribution in [0.2, 0.25) is 0 Å². The molecule has 6 nitrogen and oxygen atoms in total. The first kappa shape index (κ1) is 20.4. The van der Waals surface area contributed by atoms with Crippen LogP contribution in [0.3, 0.4) is 0 Å². The molecular formula is C23H21F3N4O2. The highest BCUT2D eigenvalue weighted by molar-refractivity contribution is 5.84. The fraction of sp³-hybridized carbons (Fsp3) is 0.304. The van der Waals surface area contributed by atoms with Gasteiger partial charge in [0.25, 0.3) is 0 Å². The Bertz CT molecular complexity index is 1360. The van der Waals surface area contributed by atoms with Crippen LogP contribution >= 0.6 is 0 Å². The van der Waals surface area contributed by atoms with Gasteiger partial charge in [0, 0.05) is 30.8 Å². The molecule has 1 aliphatic heterocycles. The molecule has 2 aromatic heterocycles. The molecule has 0 atom stereocenters. The lowest BCUT2D eigenvalue weighted by atomic mass is 10.0. The van der Waals surface area contributed by atoms with Crippen molar-refractivity contribution in [1.82, 2.24) is 19.4 Å². The van der Waals surface area contributed by atoms with Gasteiger partial charge in [0.2, 0.25) is 5.91 Å². The van der Waals surface area contributed by atoms with Gasteiger partial charge in [-0.3, -0.25) is 9.36 Å². The second-order valence-electron chi connectivity index (χ2n) is 8.19. The molecule has 5 rings (SSSR count). The van der Waals surface area contributed by atoms with E-state index in [1.54, 1.807) is 4.90 Å². The summed E-state index contributed by atoms with van der Waals surface area (Å²) in [6, 6.07) is 11.1. The van der Waals surface area contributed by atoms with Crippen LogP contribution in [0.25, 0.3) is 21.9 Å². The number of H-pyrrole nitrogens is 2. The first-order valence-electron chi connectivity index (χ1n) is 10.5. The van der Waals surface area contributed by atoms with Crippen molar-refractivity contribution in [1.29, 1.82) is 0 Å². The van der Waals surface area contributed by atoms with Gasteiger partial charge in [0.05, 0.1) is 23.0 Å². The SMILES string of the molecule is O=C(Cc1ccc2[nH]ccc2c1)N1CCC(n2c(=O)[nH]c3cccc(C(F)(F)F)c32)CC1. The van der Waals surface area contributed by atoms with Crippen LogP contribution in [0, 0.1) is 0 Å². The van der Waals surface area contributed by atoms with Gasteiger partial charge >= 0.3 is 11.9 Å². The van der Waals surface area contributed by atoms with Gasteiger partial charge < -0.3 is 14.9 Å². The Morgan fingerprint density at radius 3 is 2.59 bits per heavy atom. The van der Waals surface area contributed by atoms with Crippen molar-refractivity contribution >= 4 is 27.8 Å². The van der Waals surface area contributed by atoms with Crippen molar-refractivity contribution in [3.05, 3.63) is 70.3 Å². The van der Waals surface area contributed by atoms with Gasteiger partial charge in [-0.25, -0.2) is 4.79 Å². The van der Waals surface area contributed by atoms with Crippen LogP contribution in [0.5, 0.6) is 0 Å². The molecule has 0 saturated carbocycles. The van der Waals surface area contributed by atoms with Gasteiger partial charge in [0.15, 0.2) is 0 Å². The van der Waals surface area contributed by atoms with Gasteiger partial charge in [-0.2, -0.15) is 13.2 Å². The number of carbonyl (C=O) groups is 1. The monoisotopic (exact) mass is 442 g/mol. The highest BCUT2D eigenvalue weighted by Gasteiger charge is 2.36. The Balaban J connectivity index is 1.33. The zero-order valence-electron chi connectivity index (χ0n) is 17.1. The molecule has 0 spiro atoms. The maximum Gasteiger partial charge on any atom is 0.418 e. The van der Waals surface area contributed by atoms with Crippen LogP contribution in [0.1, 0.15) is 30.0 Å². The number of rotatable bonds is 3. The van der Waals surface area contributed by atoms with Crippen molar-refractivity contribution in [3.8, 4) is 0 Å². The summed E-state index contributed by atoms with van der Waals surface area (Å²) >= 11 is 0. The molecule has 2 aromatic carbocycles. The minimum atomic E-state index is -4.56. The van der Waals surface area contributed by atoms with Crippen molar-refractivity contribution in [2.24, 2.45) is 0 Å². The normalized spacial score (nSPS) is 15.7. The molecule has 1 aliphatic rings. The van der Waals surface area contributed by atoms with E-state index in [1.165, 1.54) is 16.7 Å². The third-order valence-electron chi connectivity index (χ3n) is 6.20. The Kier molecular flexibility index (Phi) is 4.83. The smallest absolute Gasteiger partial charge is 0.361 e. The molecule has 1 amide bonds. The highest BCUT2D eigenvalue weighted by Crippen LogP contribution is 2.36. The van der Waals surface area contributed by atoms with Gasteiger partial charge in [0.1, 0.15) is 0 Å². The van der Waals surface area contributed by atoms with Crippen LogP contribution < -0.4 is 5.69 Å². The number of imidazole rings is 1. The van der Waals surface area contributed by atoms with Crippen LogP contribution in [0.4, 0.5) is 13.2 Å². The number of carbonyl (C=O) groups excluding carboxylic acids is 1. The topological polar surface area (TPSA) is 73.9 Å². The fourth-order valence-corrected chi connectivity index (χ4v) is 4.63. The summed E-state index contributed by atoms with van der Waals surface area (Å²) < 4.78 is 41.8. The number of likely N-dealkylation sites (tertiary alicyclic amines) is 1. The minimum Gasteiger partial charge on any atom is -0.361 e. The number of aromatic nitrogens is 3. The van der Waals surface area contributed by atoms with E-state index in [1.807, 2.05) is 30.5 Å². The Hall–Kier alpha value is -3.49. The molecule has 4 aromatic rings. The highest BCUT2D eigenvalue weighted by atomic mass is 19.4. The molecule has 0 radical (unpaired) electrons. The third-order valence-corrected chi connectivity index (χ3v) is 6.20. The van der Waals surface area contributed by atoms with E-state index in [0.717, 1.165) is 22.5 Å². The second-order valence-corrected chi connectivity index (χ2v) is 8.19. The van der Waals surface area contributed by atoms with Crippen LogP contribution in [-0.4, -0.2) is 38.4 Å². The number of benzene rings is 2. The van der Waals surface area contributed by atoms with Crippen molar-refractivity contribution in [2.45, 2.75) is 31.5 Å². The van der Waals surface area contributed by atoms with E-state index in [0.29, 0.717) is 25.9 Å². The van der Waals surface area contributed by atoms with Crippen LogP contribution in [0.15, 0.2) is 53.5 Å². The summed E-state index contributed by atoms with van der Waals surface area (Å²) in [4.78, 5) is 32.7. The maximum atomic E-state index is 13.5. The number of hydrogen-bond acceptors (Lipinski definition) is 2. The van der Waals surface area contributed by atoms with E-state index in [2.05, 4.69) is 9.97 Å². The summed E-state index contributed by atoms with van der Waals surface area (Å²) in [5.41, 5.74) is 0.586. The largest absolute Gasteiger partial charge is 0.418 e. The zero-order valence-corrected chi connectivity index (χ0v) is 17.1. The Morgan fingerprint density at radius 2 is 1.84 bits per heavy atom. The van der Waals surface area contributed by atoms with Gasteiger partial charge in [-0.05, 0) is 54.1 Å². The number of halogens is 3. The Morgan fingerprint density at radius 1 is 1.06 bits per heavy atom. The molecule has 2 N–H and O–H groups in total. The van der Waals surface area contributed by atoms with Gasteiger partial charge in [-0.1, -0.05) is 12.1 Å². The molecule has 0 bridgehead atoms. The average molecular weight is 442 g/mol. The van der Waals surface area contributed by atoms with Crippen LogP contribution in [-0.2, 0) is 17.4 Å². The summed E-state index contributed by atoms with van der Waals surface area (Å²) in [6.07, 6.45) is -1.62. The van der Waals surface area contributed by atoms with E-state index < -0.39 is 23.5 Å². The summed E-state index contributed by atoms with van der Waals surface area (Å²) in [6.45, 7) is 0.784. The zero-order chi connectivity index (χ0) is 22.5. The molecular weight excluding hydrogens is 421 g/mol. The second kappa shape index (κ2) is 7.58. The van der Waals surface area contributed by atoms with Gasteiger partial charge in [-0.15, -0.1) is 0 Å². The molecule has 9 heteroatoms. The van der Waals surface area contributed by atoms with E-state index in [-0.39, 0.29) is 23.4 Å². The number of nitrogens with one attached hydrogen (secondary N) is 2. The molecule has 3 heterocycles. The molecule has 1 saturated heterocycles. The standard InChI is InChI=1S/C23H21F3N4O2/c24-23(25,26)17-2-1-3-19-21(17)30(22(32)28-19)16-7-10-29(11-8-16)20(31)13-14-4-5-18-15(12-14)6-9-27-18/h1-6,9,12,16,27H,7-8,10-11,13H2,(H,28,32). The number of para-hydroxylation sites is 1. The predicted molar refractivity (Wildman–Crippen MR) is 114 cm³/mol. The molecule has 0 unspecified atom stereocenters. The molecule has 0 aliphatic carbocycles.